The van der Waals surface area contributed by atoms with Crippen LogP contribution in [0.1, 0.15) is 47.1 Å². The number of carbonyl (C=O) groups excluding carboxylic acids is 1. The number of amides is 1. The molecule has 0 saturated carbocycles. The normalized spacial score (nSPS) is 16.3. The minimum atomic E-state index is -3.65. The van der Waals surface area contributed by atoms with Gasteiger partial charge in [0.05, 0.1) is 45.1 Å². The number of halogens is 2. The second kappa shape index (κ2) is 11.7. The summed E-state index contributed by atoms with van der Waals surface area (Å²) in [5.74, 6) is -0.0937. The van der Waals surface area contributed by atoms with Gasteiger partial charge in [0.1, 0.15) is 5.69 Å². The lowest BCUT2D eigenvalue weighted by molar-refractivity contribution is 0.0752. The molecule has 40 heavy (non-hydrogen) atoms. The van der Waals surface area contributed by atoms with Crippen LogP contribution in [0.2, 0.25) is 10.0 Å². The molecule has 4 aromatic rings. The van der Waals surface area contributed by atoms with Crippen LogP contribution in [0, 0.1) is 6.92 Å². The van der Waals surface area contributed by atoms with Crippen molar-refractivity contribution in [3.05, 3.63) is 94.0 Å². The van der Waals surface area contributed by atoms with Crippen molar-refractivity contribution in [3.63, 3.8) is 0 Å². The average Bonchev–Trinajstić information content (AvgIpc) is 3.52. The first kappa shape index (κ1) is 28.4. The summed E-state index contributed by atoms with van der Waals surface area (Å²) >= 11 is 12.8. The summed E-state index contributed by atoms with van der Waals surface area (Å²) in [6, 6.07) is 15.7. The standard InChI is InChI=1S/C28H30Cl2N6O3S/c1-20-10-12-23(13-11-20)40(38,39)33(2)18-21-19-36(32-31-21)22-6-4-15-34(17-14-22)28(37)26-9-5-16-35(26)27-24(29)7-3-8-25(27)30/h3,5,7-13,16,19,22H,4,6,14-15,17-18H2,1-2H3. The topological polar surface area (TPSA) is 93.3 Å². The summed E-state index contributed by atoms with van der Waals surface area (Å²) in [7, 11) is -2.11. The maximum absolute atomic E-state index is 13.6. The number of para-hydroxylation sites is 1. The average molecular weight is 602 g/mol. The third kappa shape index (κ3) is 5.81. The maximum Gasteiger partial charge on any atom is 0.270 e. The van der Waals surface area contributed by atoms with Gasteiger partial charge in [0.2, 0.25) is 10.0 Å². The number of likely N-dealkylation sites (tertiary alicyclic amines) is 1. The highest BCUT2D eigenvalue weighted by atomic mass is 35.5. The molecular formula is C28H30Cl2N6O3S. The lowest BCUT2D eigenvalue weighted by Gasteiger charge is -2.22. The van der Waals surface area contributed by atoms with Gasteiger partial charge in [-0.3, -0.25) is 4.79 Å². The van der Waals surface area contributed by atoms with Gasteiger partial charge in [-0.15, -0.1) is 5.10 Å². The molecule has 2 aromatic heterocycles. The zero-order valence-corrected chi connectivity index (χ0v) is 24.6. The van der Waals surface area contributed by atoms with E-state index in [4.69, 9.17) is 23.2 Å². The number of sulfonamides is 1. The zero-order valence-electron chi connectivity index (χ0n) is 22.2. The van der Waals surface area contributed by atoms with Crippen molar-refractivity contribution in [2.24, 2.45) is 0 Å². The number of hydrogen-bond donors (Lipinski definition) is 0. The van der Waals surface area contributed by atoms with Crippen LogP contribution in [0.3, 0.4) is 0 Å². The van der Waals surface area contributed by atoms with Gasteiger partial charge in [0.15, 0.2) is 0 Å². The van der Waals surface area contributed by atoms with Crippen LogP contribution < -0.4 is 0 Å². The van der Waals surface area contributed by atoms with Crippen molar-refractivity contribution < 1.29 is 13.2 Å². The molecule has 5 rings (SSSR count). The van der Waals surface area contributed by atoms with Crippen LogP contribution in [0.25, 0.3) is 5.69 Å². The van der Waals surface area contributed by atoms with Crippen molar-refractivity contribution in [3.8, 4) is 5.69 Å². The number of aryl methyl sites for hydroxylation is 1. The molecule has 12 heteroatoms. The fraction of sp³-hybridized carbons (Fsp3) is 0.321. The van der Waals surface area contributed by atoms with Crippen molar-refractivity contribution in [2.75, 3.05) is 20.1 Å². The molecule has 1 fully saturated rings. The molecule has 0 aliphatic carbocycles. The molecule has 1 unspecified atom stereocenters. The van der Waals surface area contributed by atoms with E-state index in [1.54, 1.807) is 76.2 Å². The number of aromatic nitrogens is 4. The van der Waals surface area contributed by atoms with E-state index in [1.165, 1.54) is 11.4 Å². The van der Waals surface area contributed by atoms with E-state index in [2.05, 4.69) is 10.3 Å². The van der Waals surface area contributed by atoms with Gasteiger partial charge in [0.25, 0.3) is 5.91 Å². The number of benzene rings is 2. The Kier molecular flexibility index (Phi) is 8.32. The lowest BCUT2D eigenvalue weighted by atomic mass is 10.1. The van der Waals surface area contributed by atoms with Crippen LogP contribution >= 0.6 is 23.2 Å². The van der Waals surface area contributed by atoms with Crippen molar-refractivity contribution in [1.82, 2.24) is 28.8 Å². The Labute approximate surface area is 244 Å². The number of nitrogens with zero attached hydrogens (tertiary/aromatic N) is 6. The van der Waals surface area contributed by atoms with E-state index in [0.29, 0.717) is 46.6 Å². The van der Waals surface area contributed by atoms with E-state index < -0.39 is 10.0 Å². The Morgan fingerprint density at radius 1 is 1.02 bits per heavy atom. The minimum Gasteiger partial charge on any atom is -0.337 e. The molecule has 0 N–H and O–H groups in total. The Morgan fingerprint density at radius 2 is 1.75 bits per heavy atom. The third-order valence-electron chi connectivity index (χ3n) is 7.18. The second-order valence-corrected chi connectivity index (χ2v) is 12.8. The quantitative estimate of drug-likeness (QED) is 0.284. The van der Waals surface area contributed by atoms with E-state index in [-0.39, 0.29) is 23.4 Å². The summed E-state index contributed by atoms with van der Waals surface area (Å²) in [6.45, 7) is 3.17. The SMILES string of the molecule is Cc1ccc(S(=O)(=O)N(C)Cc2cn(C3CCCN(C(=O)c4cccn4-c4c(Cl)cccc4Cl)CC3)nn2)cc1. The van der Waals surface area contributed by atoms with Crippen molar-refractivity contribution >= 4 is 39.1 Å². The van der Waals surface area contributed by atoms with Crippen LogP contribution in [0.4, 0.5) is 0 Å². The summed E-state index contributed by atoms with van der Waals surface area (Å²) in [5.41, 5.74) is 2.63. The monoisotopic (exact) mass is 600 g/mol. The Morgan fingerprint density at radius 3 is 2.48 bits per heavy atom. The van der Waals surface area contributed by atoms with Gasteiger partial charge in [0, 0.05) is 26.3 Å². The number of rotatable bonds is 7. The molecule has 0 bridgehead atoms. The fourth-order valence-electron chi connectivity index (χ4n) is 4.95. The molecule has 2 aromatic carbocycles. The predicted molar refractivity (Wildman–Crippen MR) is 154 cm³/mol. The van der Waals surface area contributed by atoms with Crippen LogP contribution in [0.15, 0.2) is 71.9 Å². The van der Waals surface area contributed by atoms with Gasteiger partial charge in [-0.05, 0) is 62.6 Å². The van der Waals surface area contributed by atoms with E-state index in [9.17, 15) is 13.2 Å². The van der Waals surface area contributed by atoms with E-state index >= 15 is 0 Å². The first-order valence-corrected chi connectivity index (χ1v) is 15.2. The van der Waals surface area contributed by atoms with Gasteiger partial charge in [-0.2, -0.15) is 4.31 Å². The zero-order chi connectivity index (χ0) is 28.4. The maximum atomic E-state index is 13.6. The smallest absolute Gasteiger partial charge is 0.270 e. The molecular weight excluding hydrogens is 571 g/mol. The molecule has 1 aliphatic rings. The Balaban J connectivity index is 1.25. The molecule has 1 atom stereocenters. The highest BCUT2D eigenvalue weighted by Crippen LogP contribution is 2.31. The minimum absolute atomic E-state index is 0.0443. The number of hydrogen-bond acceptors (Lipinski definition) is 5. The van der Waals surface area contributed by atoms with Crippen molar-refractivity contribution in [1.29, 1.82) is 0 Å². The third-order valence-corrected chi connectivity index (χ3v) is 9.60. The molecule has 1 saturated heterocycles. The number of carbonyl (C=O) groups is 1. The molecule has 1 aliphatic heterocycles. The Hall–Kier alpha value is -3.18. The highest BCUT2D eigenvalue weighted by Gasteiger charge is 2.27. The fourth-order valence-corrected chi connectivity index (χ4v) is 6.67. The molecule has 210 valence electrons. The molecule has 0 spiro atoms. The van der Waals surface area contributed by atoms with Crippen LogP contribution in [-0.2, 0) is 16.6 Å². The summed E-state index contributed by atoms with van der Waals surface area (Å²) in [4.78, 5) is 15.6. The predicted octanol–water partition coefficient (Wildman–Crippen LogP) is 5.37. The van der Waals surface area contributed by atoms with Crippen LogP contribution in [-0.4, -0.2) is 63.2 Å². The largest absolute Gasteiger partial charge is 0.337 e. The summed E-state index contributed by atoms with van der Waals surface area (Å²) in [5, 5.41) is 9.47. The first-order chi connectivity index (χ1) is 19.1. The van der Waals surface area contributed by atoms with E-state index in [1.807, 2.05) is 11.8 Å². The van der Waals surface area contributed by atoms with Gasteiger partial charge in [-0.1, -0.05) is 52.2 Å². The molecule has 3 heterocycles. The lowest BCUT2D eigenvalue weighted by Crippen LogP contribution is -2.33. The first-order valence-electron chi connectivity index (χ1n) is 13.0. The molecule has 0 radical (unpaired) electrons. The van der Waals surface area contributed by atoms with Crippen LogP contribution in [0.5, 0.6) is 0 Å². The Bertz CT molecular complexity index is 1600. The highest BCUT2D eigenvalue weighted by molar-refractivity contribution is 7.89. The van der Waals surface area contributed by atoms with Gasteiger partial charge >= 0.3 is 0 Å². The molecule has 9 nitrogen and oxygen atoms in total. The van der Waals surface area contributed by atoms with Crippen molar-refractivity contribution in [2.45, 2.75) is 43.7 Å². The van der Waals surface area contributed by atoms with Gasteiger partial charge < -0.3 is 9.47 Å². The summed E-state index contributed by atoms with van der Waals surface area (Å²) in [6.07, 6.45) is 5.89. The summed E-state index contributed by atoms with van der Waals surface area (Å²) < 4.78 is 30.7. The van der Waals surface area contributed by atoms with Gasteiger partial charge in [-0.25, -0.2) is 13.1 Å². The molecule has 1 amide bonds. The second-order valence-electron chi connectivity index (χ2n) is 9.97. The van der Waals surface area contributed by atoms with E-state index in [0.717, 1.165) is 18.4 Å².